The largest absolute Gasteiger partial charge is 0.471 e. The number of hydrogen-bond acceptors (Lipinski definition) is 5. The molecule has 3 aliphatic heterocycles. The summed E-state index contributed by atoms with van der Waals surface area (Å²) in [7, 11) is -2.07. The second kappa shape index (κ2) is 11.1. The van der Waals surface area contributed by atoms with Crippen molar-refractivity contribution >= 4 is 31.7 Å². The van der Waals surface area contributed by atoms with E-state index in [4.69, 9.17) is 0 Å². The molecular formula is C26H42F3N5O4Si. The van der Waals surface area contributed by atoms with Crippen LogP contribution in [-0.4, -0.2) is 72.6 Å². The predicted octanol–water partition coefficient (Wildman–Crippen LogP) is 3.02. The van der Waals surface area contributed by atoms with Gasteiger partial charge in [0.05, 0.1) is 14.1 Å². The lowest BCUT2D eigenvalue weighted by atomic mass is 9.83. The van der Waals surface area contributed by atoms with Gasteiger partial charge in [-0.25, -0.2) is 0 Å². The van der Waals surface area contributed by atoms with E-state index in [0.717, 1.165) is 31.4 Å². The maximum Gasteiger partial charge on any atom is 0.471 e. The minimum Gasteiger partial charge on any atom is -0.351 e. The molecule has 3 aliphatic rings. The van der Waals surface area contributed by atoms with Crippen molar-refractivity contribution in [2.75, 3.05) is 6.17 Å². The number of halogens is 3. The first-order chi connectivity index (χ1) is 17.9. The first kappa shape index (κ1) is 30.9. The Morgan fingerprint density at radius 1 is 1.21 bits per heavy atom. The van der Waals surface area contributed by atoms with E-state index in [-0.39, 0.29) is 19.3 Å². The molecule has 3 fully saturated rings. The molecule has 4 atom stereocenters. The number of nitriles is 1. The fraction of sp³-hybridized carbons (Fsp3) is 0.808. The molecule has 39 heavy (non-hydrogen) atoms. The SMILES string of the molecule is CC1(C)CC[C@@H](C[C@@H](C#N)NC(=O)C2C[Si]3(CCCC3)CN2C(=O)[C@@H](NC(=O)C(F)(F)F)C(C)(C)C)C(=O)N1.[HH]. The summed E-state index contributed by atoms with van der Waals surface area (Å²) in [4.78, 5) is 53.0. The van der Waals surface area contributed by atoms with Crippen molar-refractivity contribution in [1.29, 1.82) is 5.26 Å². The Morgan fingerprint density at radius 3 is 2.33 bits per heavy atom. The van der Waals surface area contributed by atoms with E-state index in [1.54, 1.807) is 20.8 Å². The molecule has 0 aliphatic carbocycles. The minimum absolute atomic E-state index is 0. The van der Waals surface area contributed by atoms with Crippen LogP contribution in [0.15, 0.2) is 0 Å². The van der Waals surface area contributed by atoms with Crippen molar-refractivity contribution in [3.05, 3.63) is 0 Å². The number of alkyl halides is 3. The van der Waals surface area contributed by atoms with Gasteiger partial charge in [0, 0.05) is 19.1 Å². The van der Waals surface area contributed by atoms with Crippen LogP contribution >= 0.6 is 0 Å². The highest BCUT2D eigenvalue weighted by atomic mass is 28.3. The Balaban J connectivity index is 0.00000560. The Kier molecular flexibility index (Phi) is 8.80. The Labute approximate surface area is 230 Å². The minimum atomic E-state index is -5.16. The molecule has 9 nitrogen and oxygen atoms in total. The van der Waals surface area contributed by atoms with Gasteiger partial charge < -0.3 is 20.9 Å². The van der Waals surface area contributed by atoms with Gasteiger partial charge in [-0.2, -0.15) is 18.4 Å². The molecule has 0 radical (unpaired) electrons. The van der Waals surface area contributed by atoms with Crippen molar-refractivity contribution in [2.24, 2.45) is 11.3 Å². The van der Waals surface area contributed by atoms with Crippen LogP contribution in [0.4, 0.5) is 13.2 Å². The van der Waals surface area contributed by atoms with Gasteiger partial charge in [0.25, 0.3) is 0 Å². The molecule has 0 aromatic heterocycles. The van der Waals surface area contributed by atoms with Gasteiger partial charge in [-0.3, -0.25) is 19.2 Å². The molecule has 0 saturated carbocycles. The topological polar surface area (TPSA) is 131 Å². The van der Waals surface area contributed by atoms with E-state index >= 15 is 0 Å². The average Bonchev–Trinajstić information content (AvgIpc) is 3.43. The van der Waals surface area contributed by atoms with Gasteiger partial charge >= 0.3 is 12.1 Å². The summed E-state index contributed by atoms with van der Waals surface area (Å²) in [6.07, 6.45) is -1.45. The Bertz CT molecular complexity index is 1040. The molecule has 0 bridgehead atoms. The van der Waals surface area contributed by atoms with Crippen LogP contribution in [0.5, 0.6) is 0 Å². The van der Waals surface area contributed by atoms with Crippen molar-refractivity contribution in [2.45, 2.75) is 115 Å². The molecule has 220 valence electrons. The van der Waals surface area contributed by atoms with E-state index in [0.29, 0.717) is 18.6 Å². The maximum absolute atomic E-state index is 13.8. The molecule has 3 N–H and O–H groups in total. The molecule has 3 heterocycles. The highest BCUT2D eigenvalue weighted by molar-refractivity contribution is 6.82. The molecule has 0 aromatic carbocycles. The fourth-order valence-corrected chi connectivity index (χ4v) is 11.6. The van der Waals surface area contributed by atoms with Gasteiger partial charge in [-0.1, -0.05) is 45.7 Å². The van der Waals surface area contributed by atoms with Crippen LogP contribution in [0.1, 0.15) is 68.1 Å². The van der Waals surface area contributed by atoms with Crippen molar-refractivity contribution < 1.29 is 33.8 Å². The Morgan fingerprint density at radius 2 is 1.82 bits per heavy atom. The highest BCUT2D eigenvalue weighted by Crippen LogP contribution is 2.42. The first-order valence-corrected chi connectivity index (χ1v) is 16.4. The highest BCUT2D eigenvalue weighted by Gasteiger charge is 2.54. The third-order valence-electron chi connectivity index (χ3n) is 8.35. The smallest absolute Gasteiger partial charge is 0.351 e. The predicted molar refractivity (Wildman–Crippen MR) is 142 cm³/mol. The zero-order valence-corrected chi connectivity index (χ0v) is 24.3. The van der Waals surface area contributed by atoms with Crippen molar-refractivity contribution in [3.63, 3.8) is 0 Å². The monoisotopic (exact) mass is 573 g/mol. The van der Waals surface area contributed by atoms with Gasteiger partial charge in [0.1, 0.15) is 18.1 Å². The lowest BCUT2D eigenvalue weighted by Gasteiger charge is -2.36. The van der Waals surface area contributed by atoms with Gasteiger partial charge in [-0.15, -0.1) is 0 Å². The molecule has 3 rings (SSSR count). The summed E-state index contributed by atoms with van der Waals surface area (Å²) >= 11 is 0. The molecule has 1 unspecified atom stereocenters. The number of amides is 4. The summed E-state index contributed by atoms with van der Waals surface area (Å²) in [6.45, 7) is 8.51. The van der Waals surface area contributed by atoms with Crippen LogP contribution < -0.4 is 16.0 Å². The Hall–Kier alpha value is -2.62. The third kappa shape index (κ3) is 7.32. The number of nitrogens with zero attached hydrogens (tertiary/aromatic N) is 2. The summed E-state index contributed by atoms with van der Waals surface area (Å²) in [5.74, 6) is -4.09. The number of nitrogens with one attached hydrogen (secondary N) is 3. The summed E-state index contributed by atoms with van der Waals surface area (Å²) in [5, 5.41) is 17.3. The van der Waals surface area contributed by atoms with E-state index in [2.05, 4.69) is 16.7 Å². The number of hydrogen-bond donors (Lipinski definition) is 3. The molecule has 0 aromatic rings. The normalized spacial score (nSPS) is 25.9. The number of carbonyl (C=O) groups excluding carboxylic acids is 4. The second-order valence-corrected chi connectivity index (χ2v) is 17.9. The maximum atomic E-state index is 13.8. The lowest BCUT2D eigenvalue weighted by Crippen LogP contribution is -2.60. The number of rotatable bonds is 6. The number of carbonyl (C=O) groups is 4. The molecular weight excluding hydrogens is 531 g/mol. The summed E-state index contributed by atoms with van der Waals surface area (Å²) < 4.78 is 39.2. The molecule has 4 amide bonds. The second-order valence-electron chi connectivity index (χ2n) is 13.2. The number of piperidine rings is 1. The fourth-order valence-electron chi connectivity index (χ4n) is 6.12. The average molecular weight is 574 g/mol. The zero-order valence-electron chi connectivity index (χ0n) is 23.3. The van der Waals surface area contributed by atoms with Crippen molar-refractivity contribution in [1.82, 2.24) is 20.9 Å². The van der Waals surface area contributed by atoms with E-state index in [1.165, 1.54) is 4.90 Å². The van der Waals surface area contributed by atoms with Gasteiger partial charge in [0.2, 0.25) is 17.7 Å². The summed E-state index contributed by atoms with van der Waals surface area (Å²) in [6, 6.07) is 0.948. The molecule has 1 spiro atoms. The van der Waals surface area contributed by atoms with Crippen molar-refractivity contribution in [3.8, 4) is 6.07 Å². The standard InChI is InChI=1S/C26H40F3N5O4Si.H2/c1-24(2,3)19(32-23(38)26(27,28)29)22(37)34-15-39(10-6-7-11-39)14-18(34)21(36)31-17(13-30)12-16-8-9-25(4,5)33-20(16)35;/h16-19H,6-12,14-15H2,1-5H3,(H,31,36)(H,32,38)(H,33,35);1H/t16-,17-,18?,19+;/m0./s1. The van der Waals surface area contributed by atoms with Crippen LogP contribution in [0.25, 0.3) is 0 Å². The van der Waals surface area contributed by atoms with Crippen LogP contribution in [0.3, 0.4) is 0 Å². The summed E-state index contributed by atoms with van der Waals surface area (Å²) in [5.41, 5.74) is -1.39. The molecule has 3 saturated heterocycles. The van der Waals surface area contributed by atoms with Gasteiger partial charge in [0.15, 0.2) is 0 Å². The van der Waals surface area contributed by atoms with E-state index < -0.39 is 61.4 Å². The van der Waals surface area contributed by atoms with Crippen LogP contribution in [0.2, 0.25) is 18.1 Å². The first-order valence-electron chi connectivity index (χ1n) is 13.6. The van der Waals surface area contributed by atoms with Crippen LogP contribution in [-0.2, 0) is 19.2 Å². The van der Waals surface area contributed by atoms with E-state index in [9.17, 15) is 37.6 Å². The van der Waals surface area contributed by atoms with Gasteiger partial charge in [-0.05, 0) is 44.6 Å². The zero-order chi connectivity index (χ0) is 29.4. The third-order valence-corrected chi connectivity index (χ3v) is 13.4. The lowest BCUT2D eigenvalue weighted by molar-refractivity contribution is -0.176. The van der Waals surface area contributed by atoms with E-state index in [1.807, 2.05) is 19.2 Å². The van der Waals surface area contributed by atoms with Crippen LogP contribution in [0, 0.1) is 22.7 Å². The molecule has 13 heteroatoms. The quantitative estimate of drug-likeness (QED) is 0.421.